The Morgan fingerprint density at radius 2 is 1.67 bits per heavy atom. The largest absolute Gasteiger partial charge is 0.462 e. The van der Waals surface area contributed by atoms with Crippen LogP contribution in [0.3, 0.4) is 0 Å². The van der Waals surface area contributed by atoms with E-state index in [0.29, 0.717) is 49.8 Å². The minimum Gasteiger partial charge on any atom is -0.462 e. The van der Waals surface area contributed by atoms with Gasteiger partial charge in [-0.05, 0) is 68.9 Å². The first kappa shape index (κ1) is 35.0. The zero-order valence-electron chi connectivity index (χ0n) is 24.2. The number of Topliss-reactive ketones (excluding diaryl/α,β-unsaturated/α-hetero) is 1. The first-order valence-electron chi connectivity index (χ1n) is 13.8. The number of nitrogens with one attached hydrogen (secondary N) is 1. The van der Waals surface area contributed by atoms with Crippen LogP contribution in [-0.2, 0) is 25.7 Å². The molecule has 232 valence electrons. The number of aliphatic hydroxyl groups excluding tert-OH is 3. The number of amides is 1. The van der Waals surface area contributed by atoms with E-state index < -0.39 is 49.2 Å². The molecule has 2 aliphatic rings. The molecule has 2 fully saturated rings. The first-order chi connectivity index (χ1) is 20.1. The maximum atomic E-state index is 14.4. The number of carbonyl (C=O) groups excluding carboxylic acids is 2. The molecular weight excluding hydrogens is 549 g/mol. The predicted molar refractivity (Wildman–Crippen MR) is 154 cm³/mol. The molecular formula is C31H42FNO9. The lowest BCUT2D eigenvalue weighted by molar-refractivity contribution is -0.135. The van der Waals surface area contributed by atoms with Crippen LogP contribution < -0.4 is 10.1 Å². The quantitative estimate of drug-likeness (QED) is 0.230. The highest BCUT2D eigenvalue weighted by atomic mass is 19.1. The average Bonchev–Trinajstić information content (AvgIpc) is 3.43. The van der Waals surface area contributed by atoms with Crippen molar-refractivity contribution in [2.45, 2.75) is 83.2 Å². The lowest BCUT2D eigenvalue weighted by Gasteiger charge is -2.32. The second kappa shape index (κ2) is 18.4. The van der Waals surface area contributed by atoms with Gasteiger partial charge in [-0.25, -0.2) is 4.39 Å². The third-order valence-electron chi connectivity index (χ3n) is 6.67. The molecule has 0 spiro atoms. The van der Waals surface area contributed by atoms with E-state index in [9.17, 15) is 24.2 Å². The van der Waals surface area contributed by atoms with Crippen LogP contribution in [0.25, 0.3) is 6.08 Å². The fourth-order valence-corrected chi connectivity index (χ4v) is 4.50. The molecule has 11 heteroatoms. The number of aliphatic hydroxyl groups is 4. The van der Waals surface area contributed by atoms with Gasteiger partial charge >= 0.3 is 0 Å². The van der Waals surface area contributed by atoms with Gasteiger partial charge in [0.25, 0.3) is 0 Å². The lowest BCUT2D eigenvalue weighted by Crippen LogP contribution is -2.53. The number of carbonyl (C=O) groups is 2. The summed E-state index contributed by atoms with van der Waals surface area (Å²) in [7, 11) is 1.70. The summed E-state index contributed by atoms with van der Waals surface area (Å²) >= 11 is 0. The van der Waals surface area contributed by atoms with Crippen molar-refractivity contribution in [3.05, 3.63) is 71.0 Å². The van der Waals surface area contributed by atoms with Gasteiger partial charge in [-0.1, -0.05) is 36.4 Å². The Bertz CT molecular complexity index is 1130. The summed E-state index contributed by atoms with van der Waals surface area (Å²) in [4.78, 5) is 23.8. The van der Waals surface area contributed by atoms with E-state index in [4.69, 9.17) is 24.4 Å². The monoisotopic (exact) mass is 591 g/mol. The van der Waals surface area contributed by atoms with Crippen LogP contribution in [0.1, 0.15) is 57.1 Å². The van der Waals surface area contributed by atoms with Crippen LogP contribution in [0.2, 0.25) is 0 Å². The van der Waals surface area contributed by atoms with Crippen LogP contribution in [0.4, 0.5) is 4.39 Å². The number of ether oxygens (including phenoxy) is 3. The van der Waals surface area contributed by atoms with Crippen LogP contribution in [0.15, 0.2) is 54.1 Å². The maximum Gasteiger partial charge on any atom is 0.247 e. The van der Waals surface area contributed by atoms with Crippen molar-refractivity contribution >= 4 is 17.8 Å². The minimum absolute atomic E-state index is 0.0110. The normalized spacial score (nSPS) is 23.5. The standard InChI is InChI=1S/C22H28FNO6.C8H10O.CH4O2/c1-12(22(28)24-21-16(26)4-3-5-17(21)27)10-14-6-7-19(15(23)11-14)30-20-9-8-18(29-20)13(2)25;1-9-7-8-5-3-2-4-6-8;2-1-3/h6-7,10-11,16-18,20-21,26-27H,3-5,8-9H2,1-2H3,(H,24,28);2-6H,7H2,1H3;2-3H,1H2/b12-10+;;/t16-,17+,18-,20?,21?;;/m0../s1. The molecule has 1 amide bonds. The first-order valence-corrected chi connectivity index (χ1v) is 13.8. The van der Waals surface area contributed by atoms with Crippen molar-refractivity contribution in [2.24, 2.45) is 0 Å². The van der Waals surface area contributed by atoms with Gasteiger partial charge < -0.3 is 40.0 Å². The number of halogens is 1. The Morgan fingerprint density at radius 3 is 2.21 bits per heavy atom. The summed E-state index contributed by atoms with van der Waals surface area (Å²) in [5.74, 6) is -1.11. The Labute approximate surface area is 245 Å². The smallest absolute Gasteiger partial charge is 0.247 e. The molecule has 10 nitrogen and oxygen atoms in total. The van der Waals surface area contributed by atoms with E-state index in [1.807, 2.05) is 30.3 Å². The fraction of sp³-hybridized carbons (Fsp3) is 0.484. The van der Waals surface area contributed by atoms with E-state index in [2.05, 4.69) is 5.32 Å². The number of hydrogen-bond donors (Lipinski definition) is 5. The van der Waals surface area contributed by atoms with Crippen LogP contribution in [-0.4, -0.2) is 76.7 Å². The van der Waals surface area contributed by atoms with E-state index in [-0.39, 0.29) is 11.5 Å². The highest BCUT2D eigenvalue weighted by molar-refractivity contribution is 5.97. The van der Waals surface area contributed by atoms with Crippen LogP contribution >= 0.6 is 0 Å². The second-order valence-electron chi connectivity index (χ2n) is 10.0. The van der Waals surface area contributed by atoms with Crippen molar-refractivity contribution in [2.75, 3.05) is 13.9 Å². The van der Waals surface area contributed by atoms with Gasteiger partial charge in [0.05, 0.1) is 24.9 Å². The molecule has 1 saturated heterocycles. The summed E-state index contributed by atoms with van der Waals surface area (Å²) in [5, 5.41) is 36.9. The molecule has 5 N–H and O–H groups in total. The second-order valence-corrected chi connectivity index (χ2v) is 10.0. The Hall–Kier alpha value is -3.19. The predicted octanol–water partition coefficient (Wildman–Crippen LogP) is 2.85. The highest BCUT2D eigenvalue weighted by Crippen LogP contribution is 2.27. The third-order valence-corrected chi connectivity index (χ3v) is 6.67. The van der Waals surface area contributed by atoms with Gasteiger partial charge in [-0.3, -0.25) is 9.59 Å². The number of ketones is 1. The van der Waals surface area contributed by atoms with Gasteiger partial charge in [0, 0.05) is 19.1 Å². The zero-order valence-corrected chi connectivity index (χ0v) is 24.2. The van der Waals surface area contributed by atoms with Crippen LogP contribution in [0.5, 0.6) is 5.75 Å². The molecule has 1 aliphatic carbocycles. The molecule has 42 heavy (non-hydrogen) atoms. The van der Waals surface area contributed by atoms with Gasteiger partial charge in [0.1, 0.15) is 12.9 Å². The average molecular weight is 592 g/mol. The molecule has 0 radical (unpaired) electrons. The van der Waals surface area contributed by atoms with E-state index in [0.717, 1.165) is 0 Å². The number of hydrogen-bond acceptors (Lipinski definition) is 9. The topological polar surface area (TPSA) is 155 Å². The van der Waals surface area contributed by atoms with Crippen molar-refractivity contribution < 1.29 is 48.6 Å². The Balaban J connectivity index is 0.000000429. The van der Waals surface area contributed by atoms with Crippen LogP contribution in [0, 0.1) is 5.82 Å². The highest BCUT2D eigenvalue weighted by Gasteiger charge is 2.32. The summed E-state index contributed by atoms with van der Waals surface area (Å²) in [6.07, 6.45) is 1.55. The van der Waals surface area contributed by atoms with Gasteiger partial charge in [0.15, 0.2) is 17.3 Å². The summed E-state index contributed by atoms with van der Waals surface area (Å²) in [5.41, 5.74) is 2.00. The van der Waals surface area contributed by atoms with E-state index in [1.54, 1.807) is 20.1 Å². The molecule has 2 unspecified atom stereocenters. The number of methoxy groups -OCH3 is 1. The lowest BCUT2D eigenvalue weighted by atomic mass is 9.89. The summed E-state index contributed by atoms with van der Waals surface area (Å²) < 4.78 is 30.3. The minimum atomic E-state index is -0.792. The molecule has 0 aromatic heterocycles. The third kappa shape index (κ3) is 11.6. The number of benzene rings is 2. The Morgan fingerprint density at radius 1 is 1.02 bits per heavy atom. The molecule has 4 rings (SSSR count). The molecule has 1 aliphatic heterocycles. The zero-order chi connectivity index (χ0) is 31.1. The molecule has 1 heterocycles. The molecule has 5 atom stereocenters. The molecule has 2 aromatic carbocycles. The molecule has 0 bridgehead atoms. The van der Waals surface area contributed by atoms with Crippen molar-refractivity contribution in [1.82, 2.24) is 5.32 Å². The van der Waals surface area contributed by atoms with Crippen molar-refractivity contribution in [3.8, 4) is 5.75 Å². The van der Waals surface area contributed by atoms with E-state index >= 15 is 0 Å². The summed E-state index contributed by atoms with van der Waals surface area (Å²) in [6, 6.07) is 13.7. The summed E-state index contributed by atoms with van der Waals surface area (Å²) in [6.45, 7) is 2.98. The molecule has 2 aromatic rings. The fourth-order valence-electron chi connectivity index (χ4n) is 4.50. The van der Waals surface area contributed by atoms with E-state index in [1.165, 1.54) is 30.7 Å². The number of rotatable bonds is 8. The van der Waals surface area contributed by atoms with Gasteiger partial charge in [0.2, 0.25) is 12.2 Å². The van der Waals surface area contributed by atoms with Crippen molar-refractivity contribution in [1.29, 1.82) is 0 Å². The maximum absolute atomic E-state index is 14.4. The Kier molecular flexibility index (Phi) is 15.3. The molecule has 1 saturated carbocycles. The van der Waals surface area contributed by atoms with Crippen molar-refractivity contribution in [3.63, 3.8) is 0 Å². The van der Waals surface area contributed by atoms with Gasteiger partial charge in [-0.2, -0.15) is 0 Å². The SMILES string of the molecule is CC(=O)[C@@H]1CCC(Oc2ccc(/C=C(\C)C(=O)NC3[C@H](O)CCC[C@@H]3O)cc2F)O1.COCc1ccccc1.OCO. The van der Waals surface area contributed by atoms with Gasteiger partial charge in [-0.15, -0.1) is 0 Å².